The minimum Gasteiger partial charge on any atom is -0.494 e. The smallest absolute Gasteiger partial charge is 0.259 e. The zero-order valence-corrected chi connectivity index (χ0v) is 14.9. The van der Waals surface area contributed by atoms with Gasteiger partial charge in [0.15, 0.2) is 0 Å². The molecule has 0 fully saturated rings. The van der Waals surface area contributed by atoms with Crippen LogP contribution in [0.2, 0.25) is 0 Å². The van der Waals surface area contributed by atoms with Crippen LogP contribution in [0.15, 0.2) is 66.1 Å². The van der Waals surface area contributed by atoms with Gasteiger partial charge >= 0.3 is 0 Å². The zero-order valence-electron chi connectivity index (χ0n) is 14.9. The van der Waals surface area contributed by atoms with E-state index in [9.17, 15) is 4.79 Å². The third-order valence-electron chi connectivity index (χ3n) is 4.31. The average Bonchev–Trinajstić information content (AvgIpc) is 3.12. The van der Waals surface area contributed by atoms with Crippen molar-refractivity contribution in [3.05, 3.63) is 77.2 Å². The highest BCUT2D eigenvalue weighted by atomic mass is 16.5. The molecule has 0 aliphatic carbocycles. The molecule has 0 spiro atoms. The molecule has 4 rings (SSSR count). The molecule has 0 atom stereocenters. The van der Waals surface area contributed by atoms with E-state index in [0.29, 0.717) is 30.3 Å². The molecule has 0 aliphatic heterocycles. The number of nitrogens with zero attached hydrogens (tertiary/aromatic N) is 5. The molecule has 0 amide bonds. The van der Waals surface area contributed by atoms with Gasteiger partial charge in [0.05, 0.1) is 18.0 Å². The number of aromatic nitrogens is 5. The first-order valence-electron chi connectivity index (χ1n) is 8.81. The molecule has 0 unspecified atom stereocenters. The summed E-state index contributed by atoms with van der Waals surface area (Å²) in [6, 6.07) is 11.3. The summed E-state index contributed by atoms with van der Waals surface area (Å²) in [5, 5.41) is 0. The van der Waals surface area contributed by atoms with E-state index >= 15 is 0 Å². The van der Waals surface area contributed by atoms with Crippen molar-refractivity contribution in [2.24, 2.45) is 0 Å². The molecule has 27 heavy (non-hydrogen) atoms. The predicted octanol–water partition coefficient (Wildman–Crippen LogP) is 2.59. The Kier molecular flexibility index (Phi) is 4.65. The van der Waals surface area contributed by atoms with Crippen LogP contribution in [-0.2, 0) is 13.0 Å². The lowest BCUT2D eigenvalue weighted by atomic mass is 10.1. The van der Waals surface area contributed by atoms with Crippen molar-refractivity contribution in [2.75, 3.05) is 6.61 Å². The van der Waals surface area contributed by atoms with Gasteiger partial charge in [0.1, 0.15) is 12.1 Å². The van der Waals surface area contributed by atoms with Gasteiger partial charge in [-0.25, -0.2) is 15.0 Å². The summed E-state index contributed by atoms with van der Waals surface area (Å²) in [4.78, 5) is 25.1. The Bertz CT molecular complexity index is 1100. The van der Waals surface area contributed by atoms with Gasteiger partial charge in [-0.05, 0) is 37.1 Å². The first-order valence-corrected chi connectivity index (χ1v) is 8.81. The van der Waals surface area contributed by atoms with Crippen LogP contribution in [-0.4, -0.2) is 30.5 Å². The fourth-order valence-electron chi connectivity index (χ4n) is 2.95. The van der Waals surface area contributed by atoms with Crippen LogP contribution in [0, 0.1) is 0 Å². The Morgan fingerprint density at radius 2 is 1.93 bits per heavy atom. The van der Waals surface area contributed by atoms with E-state index in [-0.39, 0.29) is 5.56 Å². The van der Waals surface area contributed by atoms with Crippen LogP contribution in [0.3, 0.4) is 0 Å². The number of benzene rings is 1. The second-order valence-electron chi connectivity index (χ2n) is 6.06. The molecular formula is C20H19N5O2. The summed E-state index contributed by atoms with van der Waals surface area (Å²) in [5.74, 6) is 1.47. The molecule has 0 bridgehead atoms. The number of ether oxygens (including phenoxy) is 1. The first-order chi connectivity index (χ1) is 13.2. The molecule has 7 nitrogen and oxygen atoms in total. The highest BCUT2D eigenvalue weighted by molar-refractivity contribution is 5.55. The van der Waals surface area contributed by atoms with Crippen LogP contribution >= 0.6 is 0 Å². The second-order valence-corrected chi connectivity index (χ2v) is 6.06. The summed E-state index contributed by atoms with van der Waals surface area (Å²) in [7, 11) is 0. The molecule has 0 radical (unpaired) electrons. The molecule has 0 N–H and O–H groups in total. The highest BCUT2D eigenvalue weighted by Crippen LogP contribution is 2.15. The number of hydrogen-bond acceptors (Lipinski definition) is 5. The molecule has 136 valence electrons. The van der Waals surface area contributed by atoms with Gasteiger partial charge in [-0.3, -0.25) is 9.20 Å². The van der Waals surface area contributed by atoms with Gasteiger partial charge in [0.2, 0.25) is 5.78 Å². The maximum Gasteiger partial charge on any atom is 0.259 e. The SMILES string of the molecule is CCOc1ccc(CCn2ccn3c(=O)cc(-c4ccncn4)nc23)cc1. The van der Waals surface area contributed by atoms with Gasteiger partial charge < -0.3 is 9.30 Å². The Balaban J connectivity index is 1.60. The summed E-state index contributed by atoms with van der Waals surface area (Å²) in [6.07, 6.45) is 7.53. The second kappa shape index (κ2) is 7.41. The maximum atomic E-state index is 12.4. The van der Waals surface area contributed by atoms with Gasteiger partial charge in [0, 0.05) is 31.2 Å². The van der Waals surface area contributed by atoms with E-state index in [2.05, 4.69) is 27.1 Å². The van der Waals surface area contributed by atoms with E-state index in [1.54, 1.807) is 22.9 Å². The fourth-order valence-corrected chi connectivity index (χ4v) is 2.95. The molecule has 3 heterocycles. The lowest BCUT2D eigenvalue weighted by Gasteiger charge is -2.07. The molecule has 0 aliphatic rings. The first kappa shape index (κ1) is 17.0. The van der Waals surface area contributed by atoms with E-state index in [1.165, 1.54) is 18.0 Å². The zero-order chi connectivity index (χ0) is 18.6. The van der Waals surface area contributed by atoms with E-state index in [1.807, 2.05) is 29.8 Å². The highest BCUT2D eigenvalue weighted by Gasteiger charge is 2.09. The number of hydrogen-bond donors (Lipinski definition) is 0. The molecule has 4 aromatic rings. The van der Waals surface area contributed by atoms with Crippen LogP contribution in [0.4, 0.5) is 0 Å². The lowest BCUT2D eigenvalue weighted by molar-refractivity contribution is 0.340. The van der Waals surface area contributed by atoms with E-state index < -0.39 is 0 Å². The monoisotopic (exact) mass is 361 g/mol. The van der Waals surface area contributed by atoms with Crippen molar-refractivity contribution < 1.29 is 4.74 Å². The third kappa shape index (κ3) is 3.57. The average molecular weight is 361 g/mol. The van der Waals surface area contributed by atoms with Crippen LogP contribution in [0.5, 0.6) is 5.75 Å². The van der Waals surface area contributed by atoms with Crippen molar-refractivity contribution in [3.63, 3.8) is 0 Å². The summed E-state index contributed by atoms with van der Waals surface area (Å²) < 4.78 is 8.99. The molecule has 1 aromatic carbocycles. The van der Waals surface area contributed by atoms with Gasteiger partial charge in [-0.2, -0.15) is 0 Å². The Hall–Kier alpha value is -3.48. The third-order valence-corrected chi connectivity index (χ3v) is 4.31. The molecule has 0 saturated carbocycles. The standard InChI is InChI=1S/C20H19N5O2/c1-2-27-16-5-3-15(4-6-16)8-10-24-11-12-25-19(26)13-18(23-20(24)25)17-7-9-21-14-22-17/h3-7,9,11-14H,2,8,10H2,1H3. The largest absolute Gasteiger partial charge is 0.494 e. The van der Waals surface area contributed by atoms with Crippen molar-refractivity contribution >= 4 is 5.78 Å². The summed E-state index contributed by atoms with van der Waals surface area (Å²) >= 11 is 0. The Morgan fingerprint density at radius 3 is 2.67 bits per heavy atom. The van der Waals surface area contributed by atoms with Crippen molar-refractivity contribution in [2.45, 2.75) is 19.9 Å². The van der Waals surface area contributed by atoms with Crippen LogP contribution in [0.25, 0.3) is 17.2 Å². The van der Waals surface area contributed by atoms with Crippen molar-refractivity contribution in [1.29, 1.82) is 0 Å². The summed E-state index contributed by atoms with van der Waals surface area (Å²) in [5.41, 5.74) is 2.24. The molecule has 7 heteroatoms. The number of imidazole rings is 1. The van der Waals surface area contributed by atoms with Gasteiger partial charge in [-0.15, -0.1) is 0 Å². The normalized spacial score (nSPS) is 11.0. The van der Waals surface area contributed by atoms with Crippen molar-refractivity contribution in [1.82, 2.24) is 23.9 Å². The molecular weight excluding hydrogens is 342 g/mol. The van der Waals surface area contributed by atoms with Crippen molar-refractivity contribution in [3.8, 4) is 17.1 Å². The summed E-state index contributed by atoms with van der Waals surface area (Å²) in [6.45, 7) is 3.34. The molecule has 3 aromatic heterocycles. The lowest BCUT2D eigenvalue weighted by Crippen LogP contribution is -2.14. The Labute approximate surface area is 155 Å². The fraction of sp³-hybridized carbons (Fsp3) is 0.200. The quantitative estimate of drug-likeness (QED) is 0.528. The van der Waals surface area contributed by atoms with Gasteiger partial charge in [-0.1, -0.05) is 12.1 Å². The number of fused-ring (bicyclic) bond motifs is 1. The maximum absolute atomic E-state index is 12.4. The Morgan fingerprint density at radius 1 is 1.07 bits per heavy atom. The predicted molar refractivity (Wildman–Crippen MR) is 102 cm³/mol. The van der Waals surface area contributed by atoms with Crippen LogP contribution < -0.4 is 10.3 Å². The number of aryl methyl sites for hydroxylation is 2. The number of rotatable bonds is 6. The topological polar surface area (TPSA) is 74.3 Å². The minimum atomic E-state index is -0.131. The van der Waals surface area contributed by atoms with Crippen LogP contribution in [0.1, 0.15) is 12.5 Å². The van der Waals surface area contributed by atoms with E-state index in [0.717, 1.165) is 12.2 Å². The minimum absolute atomic E-state index is 0.131. The molecule has 0 saturated heterocycles. The van der Waals surface area contributed by atoms with Gasteiger partial charge in [0.25, 0.3) is 5.56 Å². The van der Waals surface area contributed by atoms with E-state index in [4.69, 9.17) is 4.74 Å².